The van der Waals surface area contributed by atoms with Gasteiger partial charge in [-0.25, -0.2) is 4.98 Å². The molecule has 1 atom stereocenters. The van der Waals surface area contributed by atoms with Crippen LogP contribution in [0.2, 0.25) is 0 Å². The molecular weight excluding hydrogens is 361 g/mol. The van der Waals surface area contributed by atoms with E-state index < -0.39 is 24.7 Å². The van der Waals surface area contributed by atoms with E-state index in [0.717, 1.165) is 22.0 Å². The Morgan fingerprint density at radius 2 is 2.00 bits per heavy atom. The van der Waals surface area contributed by atoms with Gasteiger partial charge >= 0.3 is 6.18 Å². The van der Waals surface area contributed by atoms with Crippen molar-refractivity contribution in [1.82, 2.24) is 14.5 Å². The number of morpholine rings is 1. The fourth-order valence-electron chi connectivity index (χ4n) is 2.99. The van der Waals surface area contributed by atoms with Gasteiger partial charge in [-0.05, 0) is 38.1 Å². The number of nitrogens with one attached hydrogen (secondary N) is 1. The summed E-state index contributed by atoms with van der Waals surface area (Å²) in [6.45, 7) is 2.92. The molecule has 0 radical (unpaired) electrons. The Morgan fingerprint density at radius 3 is 2.59 bits per heavy atom. The molecule has 1 saturated heterocycles. The first kappa shape index (κ1) is 19.4. The van der Waals surface area contributed by atoms with Crippen molar-refractivity contribution in [2.45, 2.75) is 26.1 Å². The zero-order valence-electron chi connectivity index (χ0n) is 15.1. The van der Waals surface area contributed by atoms with Crippen LogP contribution in [0.1, 0.15) is 11.4 Å². The molecule has 0 aliphatic carbocycles. The van der Waals surface area contributed by atoms with Crippen molar-refractivity contribution in [2.75, 3.05) is 31.6 Å². The van der Waals surface area contributed by atoms with Crippen LogP contribution in [0.25, 0.3) is 5.69 Å². The third-order valence-electron chi connectivity index (χ3n) is 4.59. The van der Waals surface area contributed by atoms with E-state index in [0.29, 0.717) is 5.69 Å². The Bertz CT molecular complexity index is 802. The van der Waals surface area contributed by atoms with Crippen LogP contribution in [-0.4, -0.2) is 58.9 Å². The Hall–Kier alpha value is -2.39. The van der Waals surface area contributed by atoms with E-state index >= 15 is 0 Å². The topological polar surface area (TPSA) is 59.4 Å². The number of imidazole rings is 1. The summed E-state index contributed by atoms with van der Waals surface area (Å²) in [5.74, 6) is -0.513. The summed E-state index contributed by atoms with van der Waals surface area (Å²) in [7, 11) is 0. The molecule has 1 unspecified atom stereocenters. The minimum absolute atomic E-state index is 0.0620. The van der Waals surface area contributed by atoms with Gasteiger partial charge in [0.1, 0.15) is 6.04 Å². The van der Waals surface area contributed by atoms with Crippen LogP contribution in [-0.2, 0) is 9.53 Å². The molecule has 1 amide bonds. The second kappa shape index (κ2) is 7.69. The normalized spacial score (nSPS) is 18.5. The number of benzene rings is 1. The highest BCUT2D eigenvalue weighted by Gasteiger charge is 2.38. The maximum absolute atomic E-state index is 12.7. The lowest BCUT2D eigenvalue weighted by atomic mass is 10.2. The predicted molar refractivity (Wildman–Crippen MR) is 93.9 cm³/mol. The van der Waals surface area contributed by atoms with E-state index in [4.69, 9.17) is 4.74 Å². The molecule has 1 aliphatic heterocycles. The number of ether oxygens (including phenoxy) is 1. The van der Waals surface area contributed by atoms with Gasteiger partial charge in [0, 0.05) is 23.6 Å². The van der Waals surface area contributed by atoms with E-state index in [9.17, 15) is 18.0 Å². The van der Waals surface area contributed by atoms with Crippen LogP contribution in [0.15, 0.2) is 30.6 Å². The minimum atomic E-state index is -4.36. The summed E-state index contributed by atoms with van der Waals surface area (Å²) in [5.41, 5.74) is 3.32. The summed E-state index contributed by atoms with van der Waals surface area (Å²) in [6, 6.07) is 6.07. The lowest BCUT2D eigenvalue weighted by Gasteiger charge is -2.34. The lowest BCUT2D eigenvalue weighted by molar-refractivity contribution is -0.165. The zero-order chi connectivity index (χ0) is 19.6. The van der Waals surface area contributed by atoms with Gasteiger partial charge in [-0.3, -0.25) is 9.69 Å². The van der Waals surface area contributed by atoms with Gasteiger partial charge in [0.05, 0.1) is 31.8 Å². The van der Waals surface area contributed by atoms with Crippen molar-refractivity contribution in [3.8, 4) is 5.69 Å². The Morgan fingerprint density at radius 1 is 1.30 bits per heavy atom. The molecule has 0 saturated carbocycles. The van der Waals surface area contributed by atoms with Crippen LogP contribution >= 0.6 is 0 Å². The smallest absolute Gasteiger partial charge is 0.378 e. The molecule has 2 heterocycles. The SMILES string of the molecule is Cc1ncn(-c2ccc(NC(=O)C3COCCN3CC(F)(F)F)cc2)c1C. The van der Waals surface area contributed by atoms with Gasteiger partial charge in [0.2, 0.25) is 5.91 Å². The van der Waals surface area contributed by atoms with Crippen molar-refractivity contribution >= 4 is 11.6 Å². The fraction of sp³-hybridized carbons (Fsp3) is 0.444. The van der Waals surface area contributed by atoms with Crippen LogP contribution in [0.5, 0.6) is 0 Å². The molecule has 1 fully saturated rings. The average Bonchev–Trinajstić information content (AvgIpc) is 2.94. The highest BCUT2D eigenvalue weighted by Crippen LogP contribution is 2.21. The third kappa shape index (κ3) is 4.67. The van der Waals surface area contributed by atoms with Gasteiger partial charge in [-0.2, -0.15) is 13.2 Å². The molecule has 3 rings (SSSR count). The zero-order valence-corrected chi connectivity index (χ0v) is 15.1. The van der Waals surface area contributed by atoms with Gasteiger partial charge in [0.15, 0.2) is 0 Å². The highest BCUT2D eigenvalue weighted by atomic mass is 19.4. The highest BCUT2D eigenvalue weighted by molar-refractivity contribution is 5.95. The Balaban J connectivity index is 1.68. The van der Waals surface area contributed by atoms with Crippen LogP contribution in [0.3, 0.4) is 0 Å². The number of hydrogen-bond donors (Lipinski definition) is 1. The maximum Gasteiger partial charge on any atom is 0.401 e. The van der Waals surface area contributed by atoms with Crippen LogP contribution < -0.4 is 5.32 Å². The number of halogens is 3. The summed E-state index contributed by atoms with van der Waals surface area (Å²) in [5, 5.41) is 2.67. The third-order valence-corrected chi connectivity index (χ3v) is 4.59. The van der Waals surface area contributed by atoms with Gasteiger partial charge in [-0.15, -0.1) is 0 Å². The molecule has 1 N–H and O–H groups in total. The van der Waals surface area contributed by atoms with Crippen LogP contribution in [0.4, 0.5) is 18.9 Å². The number of anilines is 1. The summed E-state index contributed by atoms with van der Waals surface area (Å²) < 4.78 is 45.3. The number of carbonyl (C=O) groups is 1. The van der Waals surface area contributed by atoms with Crippen molar-refractivity contribution in [1.29, 1.82) is 0 Å². The fourth-order valence-corrected chi connectivity index (χ4v) is 2.99. The molecule has 1 aromatic heterocycles. The molecule has 146 valence electrons. The van der Waals surface area contributed by atoms with Crippen molar-refractivity contribution < 1.29 is 22.7 Å². The van der Waals surface area contributed by atoms with Crippen molar-refractivity contribution in [3.05, 3.63) is 42.0 Å². The lowest BCUT2D eigenvalue weighted by Crippen LogP contribution is -2.54. The Labute approximate surface area is 154 Å². The summed E-state index contributed by atoms with van der Waals surface area (Å²) in [4.78, 5) is 17.8. The molecule has 1 aliphatic rings. The summed E-state index contributed by atoms with van der Waals surface area (Å²) in [6.07, 6.45) is -2.65. The van der Waals surface area contributed by atoms with E-state index in [1.165, 1.54) is 0 Å². The van der Waals surface area contributed by atoms with Gasteiger partial charge in [-0.1, -0.05) is 0 Å². The van der Waals surface area contributed by atoms with Gasteiger partial charge < -0.3 is 14.6 Å². The average molecular weight is 382 g/mol. The van der Waals surface area contributed by atoms with Gasteiger partial charge in [0.25, 0.3) is 0 Å². The molecule has 1 aromatic carbocycles. The first-order valence-electron chi connectivity index (χ1n) is 8.55. The number of aryl methyl sites for hydroxylation is 1. The summed E-state index contributed by atoms with van der Waals surface area (Å²) >= 11 is 0. The second-order valence-corrected chi connectivity index (χ2v) is 6.50. The first-order chi connectivity index (χ1) is 12.7. The van der Waals surface area contributed by atoms with E-state index in [1.807, 2.05) is 30.5 Å². The number of alkyl halides is 3. The number of carbonyl (C=O) groups excluding carboxylic acids is 1. The second-order valence-electron chi connectivity index (χ2n) is 6.50. The number of nitrogens with zero attached hydrogens (tertiary/aromatic N) is 3. The minimum Gasteiger partial charge on any atom is -0.378 e. The molecular formula is C18H21F3N4O2. The molecule has 9 heteroatoms. The van der Waals surface area contributed by atoms with Crippen molar-refractivity contribution in [2.24, 2.45) is 0 Å². The van der Waals surface area contributed by atoms with Crippen LogP contribution in [0, 0.1) is 13.8 Å². The van der Waals surface area contributed by atoms with E-state index in [-0.39, 0.29) is 19.8 Å². The predicted octanol–water partition coefficient (Wildman–Crippen LogP) is 2.69. The number of hydrogen-bond acceptors (Lipinski definition) is 4. The molecule has 6 nitrogen and oxygen atoms in total. The molecule has 27 heavy (non-hydrogen) atoms. The first-order valence-corrected chi connectivity index (χ1v) is 8.55. The number of amides is 1. The quantitative estimate of drug-likeness (QED) is 0.883. The Kier molecular flexibility index (Phi) is 5.52. The standard InChI is InChI=1S/C18H21F3N4O2/c1-12-13(2)25(11-22-12)15-5-3-14(4-6-15)23-17(26)16-9-27-8-7-24(16)10-18(19,20)21/h3-6,11,16H,7-10H2,1-2H3,(H,23,26). The van der Waals surface area contributed by atoms with E-state index in [2.05, 4.69) is 10.3 Å². The number of aromatic nitrogens is 2. The monoisotopic (exact) mass is 382 g/mol. The van der Waals surface area contributed by atoms with E-state index in [1.54, 1.807) is 18.5 Å². The largest absolute Gasteiger partial charge is 0.401 e. The number of rotatable bonds is 4. The maximum atomic E-state index is 12.7. The van der Waals surface area contributed by atoms with Crippen molar-refractivity contribution in [3.63, 3.8) is 0 Å². The molecule has 0 bridgehead atoms. The molecule has 2 aromatic rings. The molecule has 0 spiro atoms.